The second kappa shape index (κ2) is 23.5. The van der Waals surface area contributed by atoms with Crippen LogP contribution in [-0.2, 0) is 43.5 Å². The Morgan fingerprint density at radius 3 is 2.52 bits per heavy atom. The topological polar surface area (TPSA) is 200 Å². The SMILES string of the molecule is CC(C)=C(C(=O)N1C[C@H](O)C[C@H]1C(=O)NCc1ccc(C2=C(C)CCS2)cc1OCCOCCOCC#Cc1cccc2c1C(=O)N([C@H](C(=O)Nc1nccs1)c1cc(F)ccc1O)C2)N1Cc2ccccc2C1=O. The van der Waals surface area contributed by atoms with E-state index >= 15 is 0 Å². The van der Waals surface area contributed by atoms with E-state index in [9.17, 15) is 38.6 Å². The first-order valence-corrected chi connectivity index (χ1v) is 26.3. The summed E-state index contributed by atoms with van der Waals surface area (Å²) in [6.07, 6.45) is 1.62. The molecule has 16 nitrogen and oxygen atoms in total. The van der Waals surface area contributed by atoms with Crippen LogP contribution >= 0.6 is 23.1 Å². The molecule has 19 heteroatoms. The quantitative estimate of drug-likeness (QED) is 0.0392. The number of benzene rings is 4. The van der Waals surface area contributed by atoms with Gasteiger partial charge in [-0.25, -0.2) is 9.37 Å². The van der Waals surface area contributed by atoms with Crippen LogP contribution in [0.1, 0.15) is 93.8 Å². The van der Waals surface area contributed by atoms with E-state index in [0.717, 1.165) is 41.5 Å². The number of aromatic nitrogens is 1. The van der Waals surface area contributed by atoms with Gasteiger partial charge in [-0.1, -0.05) is 59.9 Å². The Kier molecular flexibility index (Phi) is 16.4. The second-order valence-corrected chi connectivity index (χ2v) is 20.5. The molecule has 0 spiro atoms. The zero-order valence-electron chi connectivity index (χ0n) is 41.5. The highest BCUT2D eigenvalue weighted by Crippen LogP contribution is 2.41. The van der Waals surface area contributed by atoms with Crippen molar-refractivity contribution in [3.63, 3.8) is 0 Å². The molecule has 1 fully saturated rings. The van der Waals surface area contributed by atoms with E-state index in [-0.39, 0.29) is 93.7 Å². The molecule has 4 aliphatic heterocycles. The summed E-state index contributed by atoms with van der Waals surface area (Å²) in [5, 5.41) is 29.1. The van der Waals surface area contributed by atoms with Gasteiger partial charge in [0.15, 0.2) is 5.13 Å². The van der Waals surface area contributed by atoms with E-state index in [0.29, 0.717) is 39.1 Å². The third kappa shape index (κ3) is 11.7. The van der Waals surface area contributed by atoms with Crippen LogP contribution in [0.4, 0.5) is 9.52 Å². The van der Waals surface area contributed by atoms with Crippen LogP contribution in [-0.4, -0.2) is 117 Å². The summed E-state index contributed by atoms with van der Waals surface area (Å²) in [4.78, 5) is 78.7. The molecule has 75 heavy (non-hydrogen) atoms. The molecule has 0 bridgehead atoms. The van der Waals surface area contributed by atoms with Gasteiger partial charge < -0.3 is 39.5 Å². The second-order valence-electron chi connectivity index (χ2n) is 18.5. The Morgan fingerprint density at radius 2 is 1.75 bits per heavy atom. The van der Waals surface area contributed by atoms with Gasteiger partial charge in [0.25, 0.3) is 23.6 Å². The summed E-state index contributed by atoms with van der Waals surface area (Å²) in [7, 11) is 0. The predicted octanol–water partition coefficient (Wildman–Crippen LogP) is 7.18. The number of aromatic hydroxyl groups is 1. The molecule has 1 aromatic heterocycles. The standard InChI is InChI=1S/C56H55FN6O10S2/c1-33(2)48(62-30-38-8-4-5-12-42(38)53(62)68)55(70)61-32-41(64)28-44(61)51(66)59-29-37-14-13-36(50-34(3)17-24-74-50)26-46(37)73-23-22-72-21-20-71-19-7-11-35-9-6-10-39-31-63(54(69)47(35)39)49(43-27-40(57)15-16-45(43)65)52(67)60-56-58-18-25-75-56/h4-6,8-10,12-16,18,25-27,41,44,49,64-65H,17,19-24,28-32H2,1-3H3,(H,59,66)(H,58,60,67)/t41-,44+,49+/m1/s1. The number of likely N-dealkylation sites (tertiary alicyclic amines) is 1. The minimum absolute atomic E-state index is 0.0147. The van der Waals surface area contributed by atoms with Crippen molar-refractivity contribution in [3.05, 3.63) is 158 Å². The Labute approximate surface area is 441 Å². The number of hydrogen-bond acceptors (Lipinski definition) is 13. The number of phenolic OH excluding ortho intramolecular Hbond substituents is 1. The normalized spacial score (nSPS) is 17.2. The Balaban J connectivity index is 0.778. The first kappa shape index (κ1) is 52.5. The number of aliphatic hydroxyl groups is 1. The highest BCUT2D eigenvalue weighted by molar-refractivity contribution is 8.08. The fourth-order valence-corrected chi connectivity index (χ4v) is 11.4. The molecule has 388 valence electrons. The van der Waals surface area contributed by atoms with Gasteiger partial charge in [-0.2, -0.15) is 0 Å². The number of halogens is 1. The molecule has 0 radical (unpaired) electrons. The number of anilines is 1. The van der Waals surface area contributed by atoms with Crippen LogP contribution in [0.5, 0.6) is 11.5 Å². The van der Waals surface area contributed by atoms with Gasteiger partial charge in [-0.15, -0.1) is 23.1 Å². The minimum Gasteiger partial charge on any atom is -0.508 e. The smallest absolute Gasteiger partial charge is 0.271 e. The van der Waals surface area contributed by atoms with Gasteiger partial charge in [0, 0.05) is 70.5 Å². The van der Waals surface area contributed by atoms with E-state index in [2.05, 4.69) is 34.4 Å². The monoisotopic (exact) mass is 1050 g/mol. The number of ether oxygens (including phenoxy) is 3. The molecule has 0 saturated carbocycles. The molecule has 4 N–H and O–H groups in total. The fraction of sp³-hybridized carbons (Fsp3) is 0.321. The fourth-order valence-electron chi connectivity index (χ4n) is 9.64. The van der Waals surface area contributed by atoms with Crippen LogP contribution in [0.25, 0.3) is 4.91 Å². The van der Waals surface area contributed by atoms with Gasteiger partial charge in [-0.3, -0.25) is 34.2 Å². The molecule has 5 aromatic rings. The van der Waals surface area contributed by atoms with Gasteiger partial charge in [-0.05, 0) is 85.9 Å². The summed E-state index contributed by atoms with van der Waals surface area (Å²) in [6, 6.07) is 19.2. The van der Waals surface area contributed by atoms with Gasteiger partial charge in [0.1, 0.15) is 48.3 Å². The summed E-state index contributed by atoms with van der Waals surface area (Å²) in [5.74, 6) is 4.10. The molecular formula is C56H55FN6O10S2. The molecule has 4 aliphatic rings. The molecule has 0 unspecified atom stereocenters. The lowest BCUT2D eigenvalue weighted by Crippen LogP contribution is -2.48. The van der Waals surface area contributed by atoms with E-state index in [1.54, 1.807) is 61.3 Å². The number of amides is 5. The number of carbonyl (C=O) groups is 5. The number of thioether (sulfide) groups is 1. The minimum atomic E-state index is -1.38. The number of carbonyl (C=O) groups excluding carboxylic acids is 5. The molecule has 4 aromatic carbocycles. The number of aliphatic hydroxyl groups excluding tert-OH is 1. The molecule has 0 aliphatic carbocycles. The number of fused-ring (bicyclic) bond motifs is 2. The van der Waals surface area contributed by atoms with E-state index in [4.69, 9.17) is 14.2 Å². The first-order chi connectivity index (χ1) is 36.3. The number of nitrogens with one attached hydrogen (secondary N) is 2. The van der Waals surface area contributed by atoms with E-state index in [1.165, 1.54) is 42.7 Å². The molecular weight excluding hydrogens is 1000 g/mol. The van der Waals surface area contributed by atoms with Gasteiger partial charge in [0.2, 0.25) is 5.91 Å². The van der Waals surface area contributed by atoms with Crippen molar-refractivity contribution in [3.8, 4) is 23.3 Å². The van der Waals surface area contributed by atoms with Crippen molar-refractivity contribution in [1.29, 1.82) is 0 Å². The van der Waals surface area contributed by atoms with Crippen molar-refractivity contribution < 1.29 is 52.8 Å². The number of hydrogen-bond donors (Lipinski definition) is 4. The number of thiazole rings is 1. The molecule has 3 atom stereocenters. The zero-order chi connectivity index (χ0) is 52.8. The Morgan fingerprint density at radius 1 is 0.947 bits per heavy atom. The number of β-amino-alcohol motifs (C(OH)–C–C–N with tert-alkyl or cyclic N) is 1. The maximum atomic E-state index is 14.5. The number of allylic oxidation sites excluding steroid dienone is 2. The summed E-state index contributed by atoms with van der Waals surface area (Å²) in [5.41, 5.74) is 6.42. The summed E-state index contributed by atoms with van der Waals surface area (Å²) in [6.45, 7) is 6.80. The number of rotatable bonds is 18. The lowest BCUT2D eigenvalue weighted by Gasteiger charge is -2.29. The van der Waals surface area contributed by atoms with Crippen molar-refractivity contribution in [1.82, 2.24) is 25.0 Å². The van der Waals surface area contributed by atoms with Crippen LogP contribution in [0.2, 0.25) is 0 Å². The first-order valence-electron chi connectivity index (χ1n) is 24.5. The number of nitrogens with zero attached hydrogens (tertiary/aromatic N) is 4. The van der Waals surface area contributed by atoms with Crippen LogP contribution in [0.3, 0.4) is 0 Å². The third-order valence-electron chi connectivity index (χ3n) is 13.2. The van der Waals surface area contributed by atoms with Crippen molar-refractivity contribution >= 4 is 62.7 Å². The summed E-state index contributed by atoms with van der Waals surface area (Å²) >= 11 is 2.96. The number of phenols is 1. The average molecular weight is 1060 g/mol. The molecule has 5 amide bonds. The van der Waals surface area contributed by atoms with Crippen LogP contribution < -0.4 is 15.4 Å². The van der Waals surface area contributed by atoms with Gasteiger partial charge >= 0.3 is 0 Å². The maximum absolute atomic E-state index is 14.5. The van der Waals surface area contributed by atoms with Crippen molar-refractivity contribution in [2.75, 3.05) is 50.6 Å². The van der Waals surface area contributed by atoms with Crippen LogP contribution in [0, 0.1) is 17.7 Å². The van der Waals surface area contributed by atoms with Crippen molar-refractivity contribution in [2.45, 2.75) is 71.4 Å². The van der Waals surface area contributed by atoms with Crippen LogP contribution in [0.15, 0.2) is 107 Å². The molecule has 9 rings (SSSR count). The van der Waals surface area contributed by atoms with E-state index < -0.39 is 47.6 Å². The zero-order valence-corrected chi connectivity index (χ0v) is 43.2. The highest BCUT2D eigenvalue weighted by Gasteiger charge is 2.44. The largest absolute Gasteiger partial charge is 0.508 e. The lowest BCUT2D eigenvalue weighted by atomic mass is 10.0. The molecule has 1 saturated heterocycles. The maximum Gasteiger partial charge on any atom is 0.271 e. The average Bonchev–Trinajstić information content (AvgIpc) is 4.27. The Bertz CT molecular complexity index is 3170. The Hall–Kier alpha value is -7.34. The van der Waals surface area contributed by atoms with Crippen molar-refractivity contribution in [2.24, 2.45) is 0 Å². The van der Waals surface area contributed by atoms with Gasteiger partial charge in [0.05, 0.1) is 38.0 Å². The highest BCUT2D eigenvalue weighted by atomic mass is 32.2. The summed E-state index contributed by atoms with van der Waals surface area (Å²) < 4.78 is 32.3. The molecule has 5 heterocycles. The lowest BCUT2D eigenvalue weighted by molar-refractivity contribution is -0.136. The predicted molar refractivity (Wildman–Crippen MR) is 281 cm³/mol. The third-order valence-corrected chi connectivity index (χ3v) is 15.2. The van der Waals surface area contributed by atoms with E-state index in [1.807, 2.05) is 30.3 Å².